The van der Waals surface area contributed by atoms with Crippen LogP contribution >= 0.6 is 23.4 Å². The first kappa shape index (κ1) is 19.6. The molecular formula is C22H23ClN6S. The average Bonchev–Trinajstić information content (AvgIpc) is 3.04. The van der Waals surface area contributed by atoms with Crippen LogP contribution in [0.5, 0.6) is 0 Å². The molecule has 4 N–H and O–H groups in total. The van der Waals surface area contributed by atoms with Crippen molar-refractivity contribution in [3.8, 4) is 0 Å². The molecule has 1 aliphatic heterocycles. The van der Waals surface area contributed by atoms with Crippen LogP contribution in [0.1, 0.15) is 30.1 Å². The van der Waals surface area contributed by atoms with Gasteiger partial charge in [0.15, 0.2) is 0 Å². The van der Waals surface area contributed by atoms with E-state index in [0.29, 0.717) is 10.7 Å². The highest BCUT2D eigenvalue weighted by atomic mass is 35.5. The van der Waals surface area contributed by atoms with E-state index in [1.807, 2.05) is 30.6 Å². The lowest BCUT2D eigenvalue weighted by atomic mass is 9.73. The third-order valence-corrected chi connectivity index (χ3v) is 7.86. The molecule has 1 aliphatic carbocycles. The highest BCUT2D eigenvalue weighted by Crippen LogP contribution is 2.50. The SMILES string of the molecule is Nc1cccc(Sc2cnc(N3CCC4(CC3)Cc3ncccc3[C@H]4N)cn2)c1Cl. The predicted molar refractivity (Wildman–Crippen MR) is 121 cm³/mol. The molecule has 6 nitrogen and oxygen atoms in total. The zero-order valence-electron chi connectivity index (χ0n) is 16.5. The number of rotatable bonds is 3. The quantitative estimate of drug-likeness (QED) is 0.594. The predicted octanol–water partition coefficient (Wildman–Crippen LogP) is 4.10. The van der Waals surface area contributed by atoms with Gasteiger partial charge in [0.05, 0.1) is 23.1 Å². The molecule has 3 heterocycles. The van der Waals surface area contributed by atoms with Gasteiger partial charge >= 0.3 is 0 Å². The average molecular weight is 439 g/mol. The molecule has 0 radical (unpaired) electrons. The summed E-state index contributed by atoms with van der Waals surface area (Å²) < 4.78 is 0. The van der Waals surface area contributed by atoms with Gasteiger partial charge in [0.2, 0.25) is 0 Å². The van der Waals surface area contributed by atoms with Crippen LogP contribution in [-0.2, 0) is 6.42 Å². The minimum Gasteiger partial charge on any atom is -0.397 e. The third kappa shape index (κ3) is 3.41. The zero-order chi connectivity index (χ0) is 20.7. The first-order chi connectivity index (χ1) is 14.6. The lowest BCUT2D eigenvalue weighted by molar-refractivity contribution is 0.186. The Hall–Kier alpha value is -2.35. The summed E-state index contributed by atoms with van der Waals surface area (Å²) in [4.78, 5) is 17.0. The Labute approximate surface area is 185 Å². The summed E-state index contributed by atoms with van der Waals surface area (Å²) in [6, 6.07) is 9.78. The summed E-state index contributed by atoms with van der Waals surface area (Å²) in [7, 11) is 0. The normalized spacial score (nSPS) is 19.8. The number of aromatic nitrogens is 3. The molecule has 1 fully saturated rings. The van der Waals surface area contributed by atoms with Gasteiger partial charge in [0.25, 0.3) is 0 Å². The Bertz CT molecular complexity index is 1070. The summed E-state index contributed by atoms with van der Waals surface area (Å²) in [6.45, 7) is 1.84. The van der Waals surface area contributed by atoms with Crippen molar-refractivity contribution in [2.45, 2.75) is 35.2 Å². The van der Waals surface area contributed by atoms with Crippen molar-refractivity contribution in [1.82, 2.24) is 15.0 Å². The summed E-state index contributed by atoms with van der Waals surface area (Å²) in [5.74, 6) is 0.898. The molecule has 0 saturated carbocycles. The molecule has 2 aliphatic rings. The number of nitrogens with two attached hydrogens (primary N) is 2. The van der Waals surface area contributed by atoms with E-state index in [0.717, 1.165) is 48.1 Å². The van der Waals surface area contributed by atoms with Crippen molar-refractivity contribution >= 4 is 34.9 Å². The van der Waals surface area contributed by atoms with Crippen molar-refractivity contribution in [1.29, 1.82) is 0 Å². The maximum absolute atomic E-state index is 6.65. The second-order valence-electron chi connectivity index (χ2n) is 8.02. The van der Waals surface area contributed by atoms with Crippen LogP contribution in [0.4, 0.5) is 11.5 Å². The minimum absolute atomic E-state index is 0.0660. The van der Waals surface area contributed by atoms with E-state index in [2.05, 4.69) is 25.9 Å². The van der Waals surface area contributed by atoms with Gasteiger partial charge in [-0.15, -0.1) is 0 Å². The molecule has 3 aromatic rings. The number of piperidine rings is 1. The molecular weight excluding hydrogens is 416 g/mol. The van der Waals surface area contributed by atoms with Crippen LogP contribution in [0.2, 0.25) is 5.02 Å². The van der Waals surface area contributed by atoms with Crippen molar-refractivity contribution in [2.75, 3.05) is 23.7 Å². The molecule has 8 heteroatoms. The summed E-state index contributed by atoms with van der Waals surface area (Å²) in [5, 5.41) is 1.34. The van der Waals surface area contributed by atoms with E-state index in [9.17, 15) is 0 Å². The van der Waals surface area contributed by atoms with Crippen molar-refractivity contribution < 1.29 is 0 Å². The van der Waals surface area contributed by atoms with E-state index in [-0.39, 0.29) is 11.5 Å². The van der Waals surface area contributed by atoms with Gasteiger partial charge in [-0.25, -0.2) is 9.97 Å². The number of hydrogen-bond donors (Lipinski definition) is 2. The van der Waals surface area contributed by atoms with Gasteiger partial charge in [0.1, 0.15) is 10.8 Å². The standard InChI is InChI=1S/C22H23ClN6S/c23-20-15(24)4-1-5-17(20)30-19-13-27-18(12-28-19)29-9-6-22(7-10-29)11-16-14(21(22)25)3-2-8-26-16/h1-5,8,12-13,21H,6-7,9-11,24-25H2/t21-/m1/s1. The van der Waals surface area contributed by atoms with Crippen LogP contribution in [0.25, 0.3) is 0 Å². The lowest BCUT2D eigenvalue weighted by Crippen LogP contribution is -2.44. The molecule has 30 heavy (non-hydrogen) atoms. The summed E-state index contributed by atoms with van der Waals surface area (Å²) in [5.41, 5.74) is 15.6. The number of fused-ring (bicyclic) bond motifs is 1. The van der Waals surface area contributed by atoms with Crippen molar-refractivity contribution in [3.05, 3.63) is 65.2 Å². The first-order valence-electron chi connectivity index (χ1n) is 10.0. The molecule has 154 valence electrons. The first-order valence-corrected chi connectivity index (χ1v) is 11.2. The fraction of sp³-hybridized carbons (Fsp3) is 0.318. The van der Waals surface area contributed by atoms with Gasteiger partial charge in [-0.3, -0.25) is 4.98 Å². The lowest BCUT2D eigenvalue weighted by Gasteiger charge is -2.42. The van der Waals surface area contributed by atoms with Crippen LogP contribution in [0.3, 0.4) is 0 Å². The number of halogens is 1. The number of nitrogen functional groups attached to an aromatic ring is 1. The smallest absolute Gasteiger partial charge is 0.147 e. The third-order valence-electron chi connectivity index (χ3n) is 6.35. The molecule has 1 atom stereocenters. The van der Waals surface area contributed by atoms with Crippen LogP contribution < -0.4 is 16.4 Å². The fourth-order valence-corrected chi connectivity index (χ4v) is 5.60. The number of pyridine rings is 1. The molecule has 0 amide bonds. The summed E-state index contributed by atoms with van der Waals surface area (Å²) >= 11 is 7.75. The van der Waals surface area contributed by atoms with Crippen LogP contribution in [-0.4, -0.2) is 28.0 Å². The maximum atomic E-state index is 6.65. The van der Waals surface area contributed by atoms with Gasteiger partial charge in [-0.1, -0.05) is 35.5 Å². The Balaban J connectivity index is 1.26. The summed E-state index contributed by atoms with van der Waals surface area (Å²) in [6.07, 6.45) is 8.53. The van der Waals surface area contributed by atoms with E-state index in [1.165, 1.54) is 23.0 Å². The zero-order valence-corrected chi connectivity index (χ0v) is 18.0. The van der Waals surface area contributed by atoms with E-state index >= 15 is 0 Å². The highest BCUT2D eigenvalue weighted by Gasteiger charge is 2.46. The highest BCUT2D eigenvalue weighted by molar-refractivity contribution is 7.99. The molecule has 5 rings (SSSR count). The van der Waals surface area contributed by atoms with Gasteiger partial charge < -0.3 is 16.4 Å². The van der Waals surface area contributed by atoms with Gasteiger partial charge in [-0.2, -0.15) is 0 Å². The number of nitrogens with zero attached hydrogens (tertiary/aromatic N) is 4. The molecule has 1 saturated heterocycles. The Morgan fingerprint density at radius 2 is 1.90 bits per heavy atom. The topological polar surface area (TPSA) is 94.0 Å². The van der Waals surface area contributed by atoms with E-state index < -0.39 is 0 Å². The Morgan fingerprint density at radius 1 is 1.07 bits per heavy atom. The molecule has 0 bridgehead atoms. The van der Waals surface area contributed by atoms with Crippen LogP contribution in [0.15, 0.2) is 58.8 Å². The molecule has 2 aromatic heterocycles. The number of hydrogen-bond acceptors (Lipinski definition) is 7. The van der Waals surface area contributed by atoms with Crippen molar-refractivity contribution in [3.63, 3.8) is 0 Å². The number of anilines is 2. The largest absolute Gasteiger partial charge is 0.397 e. The van der Waals surface area contributed by atoms with Gasteiger partial charge in [-0.05, 0) is 48.4 Å². The molecule has 1 spiro atoms. The van der Waals surface area contributed by atoms with Gasteiger partial charge in [0, 0.05) is 35.9 Å². The Kier molecular flexibility index (Phi) is 5.05. The minimum atomic E-state index is 0.0660. The van der Waals surface area contributed by atoms with Crippen LogP contribution in [0, 0.1) is 5.41 Å². The fourth-order valence-electron chi connectivity index (χ4n) is 4.57. The Morgan fingerprint density at radius 3 is 2.63 bits per heavy atom. The molecule has 0 unspecified atom stereocenters. The molecule has 1 aromatic carbocycles. The van der Waals surface area contributed by atoms with E-state index in [1.54, 1.807) is 12.3 Å². The van der Waals surface area contributed by atoms with E-state index in [4.69, 9.17) is 23.1 Å². The monoisotopic (exact) mass is 438 g/mol. The second kappa shape index (κ2) is 7.72. The number of benzene rings is 1. The maximum Gasteiger partial charge on any atom is 0.147 e. The van der Waals surface area contributed by atoms with Crippen molar-refractivity contribution in [2.24, 2.45) is 11.1 Å². The second-order valence-corrected chi connectivity index (χ2v) is 9.46.